The molecule has 0 bridgehead atoms. The van der Waals surface area contributed by atoms with Gasteiger partial charge in [0.25, 0.3) is 0 Å². The van der Waals surface area contributed by atoms with Crippen molar-refractivity contribution in [2.45, 2.75) is 6.92 Å². The molecule has 160 valence electrons. The van der Waals surface area contributed by atoms with Gasteiger partial charge in [-0.25, -0.2) is 4.79 Å². The number of fused-ring (bicyclic) bond motifs is 1. The van der Waals surface area contributed by atoms with Crippen molar-refractivity contribution in [1.29, 1.82) is 0 Å². The van der Waals surface area contributed by atoms with Crippen molar-refractivity contribution in [3.05, 3.63) is 87.3 Å². The van der Waals surface area contributed by atoms with Crippen LogP contribution in [0.3, 0.4) is 0 Å². The summed E-state index contributed by atoms with van der Waals surface area (Å²) in [6, 6.07) is 13.6. The fraction of sp³-hybridized carbons (Fsp3) is 0.0870. The van der Waals surface area contributed by atoms with Crippen molar-refractivity contribution in [2.75, 3.05) is 12.4 Å². The second-order valence-electron chi connectivity index (χ2n) is 6.98. The first-order chi connectivity index (χ1) is 15.4. The van der Waals surface area contributed by atoms with Gasteiger partial charge in [0, 0.05) is 29.2 Å². The van der Waals surface area contributed by atoms with Gasteiger partial charge in [0.2, 0.25) is 0 Å². The number of nitrogens with one attached hydrogen (secondary N) is 1. The van der Waals surface area contributed by atoms with Gasteiger partial charge in [-0.1, -0.05) is 23.7 Å². The molecule has 9 heteroatoms. The van der Waals surface area contributed by atoms with Crippen LogP contribution in [-0.4, -0.2) is 28.0 Å². The van der Waals surface area contributed by atoms with Crippen molar-refractivity contribution in [2.24, 2.45) is 0 Å². The number of nitro groups is 1. The third-order valence-electron chi connectivity index (χ3n) is 4.90. The molecule has 32 heavy (non-hydrogen) atoms. The zero-order valence-electron chi connectivity index (χ0n) is 17.1. The number of carbonyl (C=O) groups excluding carboxylic acids is 1. The van der Waals surface area contributed by atoms with E-state index in [9.17, 15) is 14.9 Å². The molecule has 2 aromatic carbocycles. The van der Waals surface area contributed by atoms with E-state index in [-0.39, 0.29) is 16.9 Å². The van der Waals surface area contributed by atoms with Crippen molar-refractivity contribution < 1.29 is 14.5 Å². The second kappa shape index (κ2) is 8.60. The lowest BCUT2D eigenvalue weighted by Crippen LogP contribution is -2.09. The number of methoxy groups -OCH3 is 1. The maximum Gasteiger partial charge on any atom is 0.345 e. The van der Waals surface area contributed by atoms with Crippen LogP contribution in [0.2, 0.25) is 5.02 Å². The Bertz CT molecular complexity index is 1360. The highest BCUT2D eigenvalue weighted by Crippen LogP contribution is 2.38. The fourth-order valence-electron chi connectivity index (χ4n) is 3.49. The van der Waals surface area contributed by atoms with Gasteiger partial charge in [-0.15, -0.1) is 0 Å². The van der Waals surface area contributed by atoms with Gasteiger partial charge in [-0.05, 0) is 54.4 Å². The van der Waals surface area contributed by atoms with Crippen LogP contribution < -0.4 is 5.32 Å². The van der Waals surface area contributed by atoms with Gasteiger partial charge in [0.05, 0.1) is 22.6 Å². The van der Waals surface area contributed by atoms with Crippen LogP contribution in [-0.2, 0) is 4.74 Å². The maximum absolute atomic E-state index is 12.4. The molecule has 0 fully saturated rings. The minimum atomic E-state index is -0.811. The van der Waals surface area contributed by atoms with Gasteiger partial charge in [0.15, 0.2) is 0 Å². The maximum atomic E-state index is 12.4. The molecule has 0 atom stereocenters. The van der Waals surface area contributed by atoms with Crippen molar-refractivity contribution in [3.63, 3.8) is 0 Å². The number of aromatic nitrogens is 2. The summed E-state index contributed by atoms with van der Waals surface area (Å²) in [6.45, 7) is 1.80. The molecule has 2 heterocycles. The molecular formula is C23H17ClN4O4. The molecule has 0 aliphatic rings. The number of nitro benzene ring substituents is 1. The molecule has 0 amide bonds. The summed E-state index contributed by atoms with van der Waals surface area (Å²) in [5.41, 5.74) is 2.72. The summed E-state index contributed by atoms with van der Waals surface area (Å²) < 4.78 is 4.82. The predicted octanol–water partition coefficient (Wildman–Crippen LogP) is 5.70. The van der Waals surface area contributed by atoms with E-state index in [1.54, 1.807) is 55.7 Å². The van der Waals surface area contributed by atoms with Crippen LogP contribution in [0, 0.1) is 17.0 Å². The predicted molar refractivity (Wildman–Crippen MR) is 122 cm³/mol. The van der Waals surface area contributed by atoms with Gasteiger partial charge >= 0.3 is 11.7 Å². The Balaban J connectivity index is 1.98. The van der Waals surface area contributed by atoms with E-state index in [4.69, 9.17) is 16.3 Å². The molecular weight excluding hydrogens is 432 g/mol. The van der Waals surface area contributed by atoms with E-state index in [1.807, 2.05) is 6.07 Å². The molecule has 8 nitrogen and oxygen atoms in total. The highest BCUT2D eigenvalue weighted by atomic mass is 35.5. The minimum Gasteiger partial charge on any atom is -0.465 e. The molecule has 0 radical (unpaired) electrons. The standard InChI is InChI=1S/C23H17ClN4O4/c1-13-10-19(16-4-3-5-18(24)21(16)26-13)27-20-12-15(14-6-8-25-9-7-14)11-17(23(29)32-2)22(20)28(30)31/h3-12H,1-2H3,(H,26,27). The van der Waals surface area contributed by atoms with E-state index in [0.717, 1.165) is 5.56 Å². The van der Waals surface area contributed by atoms with Crippen LogP contribution >= 0.6 is 11.6 Å². The zero-order chi connectivity index (χ0) is 22.8. The molecule has 0 saturated heterocycles. The minimum absolute atomic E-state index is 0.136. The summed E-state index contributed by atoms with van der Waals surface area (Å²) in [4.78, 5) is 32.3. The van der Waals surface area contributed by atoms with Crippen LogP contribution in [0.25, 0.3) is 22.0 Å². The topological polar surface area (TPSA) is 107 Å². The Kier molecular flexibility index (Phi) is 5.70. The molecule has 1 N–H and O–H groups in total. The summed E-state index contributed by atoms with van der Waals surface area (Å²) in [7, 11) is 1.18. The molecule has 0 aliphatic carbocycles. The SMILES string of the molecule is COC(=O)c1cc(-c2ccncc2)cc(Nc2cc(C)nc3c(Cl)cccc23)c1[N+](=O)[O-]. The number of rotatable bonds is 5. The number of benzene rings is 2. The first-order valence-electron chi connectivity index (χ1n) is 9.53. The van der Waals surface area contributed by atoms with E-state index in [0.29, 0.717) is 32.9 Å². The van der Waals surface area contributed by atoms with Crippen molar-refractivity contribution >= 4 is 45.5 Å². The molecule has 0 unspecified atom stereocenters. The Morgan fingerprint density at radius 3 is 2.53 bits per heavy atom. The third kappa shape index (κ3) is 3.95. The third-order valence-corrected chi connectivity index (χ3v) is 5.20. The number of pyridine rings is 2. The number of ether oxygens (including phenoxy) is 1. The average Bonchev–Trinajstić information content (AvgIpc) is 2.79. The number of carbonyl (C=O) groups is 1. The summed E-state index contributed by atoms with van der Waals surface area (Å²) in [5.74, 6) is -0.811. The van der Waals surface area contributed by atoms with Gasteiger partial charge in [0.1, 0.15) is 11.3 Å². The van der Waals surface area contributed by atoms with E-state index in [1.165, 1.54) is 13.2 Å². The lowest BCUT2D eigenvalue weighted by atomic mass is 10.0. The van der Waals surface area contributed by atoms with Crippen LogP contribution in [0.5, 0.6) is 0 Å². The Hall–Kier alpha value is -4.04. The zero-order valence-corrected chi connectivity index (χ0v) is 17.9. The van der Waals surface area contributed by atoms with E-state index < -0.39 is 10.9 Å². The Labute approximate surface area is 188 Å². The molecule has 4 aromatic rings. The molecule has 2 aromatic heterocycles. The van der Waals surface area contributed by atoms with Crippen LogP contribution in [0.4, 0.5) is 17.1 Å². The quantitative estimate of drug-likeness (QED) is 0.237. The number of para-hydroxylation sites is 1. The fourth-order valence-corrected chi connectivity index (χ4v) is 3.71. The molecule has 4 rings (SSSR count). The van der Waals surface area contributed by atoms with Crippen molar-refractivity contribution in [3.8, 4) is 11.1 Å². The summed E-state index contributed by atoms with van der Waals surface area (Å²) in [5, 5.41) is 16.3. The van der Waals surface area contributed by atoms with E-state index in [2.05, 4.69) is 15.3 Å². The number of esters is 1. The number of anilines is 2. The summed E-state index contributed by atoms with van der Waals surface area (Å²) >= 11 is 6.31. The number of halogens is 1. The number of nitrogens with zero attached hydrogens (tertiary/aromatic N) is 3. The number of hydrogen-bond donors (Lipinski definition) is 1. The first-order valence-corrected chi connectivity index (χ1v) is 9.91. The first kappa shape index (κ1) is 21.2. The molecule has 0 spiro atoms. The lowest BCUT2D eigenvalue weighted by molar-refractivity contribution is -0.384. The number of aryl methyl sites for hydroxylation is 1. The Morgan fingerprint density at radius 2 is 1.84 bits per heavy atom. The summed E-state index contributed by atoms with van der Waals surface area (Å²) in [6.07, 6.45) is 3.20. The average molecular weight is 449 g/mol. The number of hydrogen-bond acceptors (Lipinski definition) is 7. The van der Waals surface area contributed by atoms with Gasteiger partial charge in [-0.2, -0.15) is 0 Å². The normalized spacial score (nSPS) is 10.7. The highest BCUT2D eigenvalue weighted by molar-refractivity contribution is 6.35. The van der Waals surface area contributed by atoms with Gasteiger partial charge < -0.3 is 10.1 Å². The smallest absolute Gasteiger partial charge is 0.345 e. The molecule has 0 aliphatic heterocycles. The van der Waals surface area contributed by atoms with Crippen molar-refractivity contribution in [1.82, 2.24) is 9.97 Å². The largest absolute Gasteiger partial charge is 0.465 e. The second-order valence-corrected chi connectivity index (χ2v) is 7.38. The lowest BCUT2D eigenvalue weighted by Gasteiger charge is -2.15. The highest BCUT2D eigenvalue weighted by Gasteiger charge is 2.27. The Morgan fingerprint density at radius 1 is 1.09 bits per heavy atom. The molecule has 0 saturated carbocycles. The monoisotopic (exact) mass is 448 g/mol. The van der Waals surface area contributed by atoms with E-state index >= 15 is 0 Å². The van der Waals surface area contributed by atoms with Crippen LogP contribution in [0.15, 0.2) is 60.9 Å². The van der Waals surface area contributed by atoms with Crippen LogP contribution in [0.1, 0.15) is 16.1 Å². The van der Waals surface area contributed by atoms with Gasteiger partial charge in [-0.3, -0.25) is 20.1 Å².